The van der Waals surface area contributed by atoms with Crippen LogP contribution in [0.2, 0.25) is 0 Å². The molecule has 1 saturated heterocycles. The Balaban J connectivity index is 1.53. The number of nitrogens with zero attached hydrogens (tertiary/aromatic N) is 2. The third kappa shape index (κ3) is 2.68. The van der Waals surface area contributed by atoms with E-state index < -0.39 is 0 Å². The van der Waals surface area contributed by atoms with Crippen LogP contribution >= 0.6 is 11.8 Å². The van der Waals surface area contributed by atoms with E-state index in [-0.39, 0.29) is 5.41 Å². The summed E-state index contributed by atoms with van der Waals surface area (Å²) in [6.45, 7) is 0. The Hall–Kier alpha value is -2.83. The number of hydrogen-bond donors (Lipinski definition) is 0. The highest BCUT2D eigenvalue weighted by atomic mass is 32.2. The van der Waals surface area contributed by atoms with E-state index in [0.717, 1.165) is 24.0 Å². The molecule has 2 nitrogen and oxygen atoms in total. The molecular formula is C25H20N2S. The Bertz CT molecular complexity index is 1070. The van der Waals surface area contributed by atoms with E-state index in [2.05, 4.69) is 66.8 Å². The van der Waals surface area contributed by atoms with Crippen LogP contribution in [0.25, 0.3) is 0 Å². The minimum atomic E-state index is -0.0816. The summed E-state index contributed by atoms with van der Waals surface area (Å²) in [7, 11) is 0. The van der Waals surface area contributed by atoms with Gasteiger partial charge < -0.3 is 0 Å². The molecule has 1 fully saturated rings. The summed E-state index contributed by atoms with van der Waals surface area (Å²) in [5.41, 5.74) is 4.37. The zero-order valence-corrected chi connectivity index (χ0v) is 16.3. The highest BCUT2D eigenvalue weighted by Gasteiger charge is 2.53. The molecule has 2 aromatic rings. The predicted octanol–water partition coefficient (Wildman–Crippen LogP) is 5.80. The molecule has 2 aliphatic heterocycles. The lowest BCUT2D eigenvalue weighted by Crippen LogP contribution is -2.32. The first-order valence-corrected chi connectivity index (χ1v) is 10.5. The van der Waals surface area contributed by atoms with Gasteiger partial charge in [0.1, 0.15) is 0 Å². The third-order valence-corrected chi connectivity index (χ3v) is 7.43. The lowest BCUT2D eigenvalue weighted by Gasteiger charge is -2.41. The minimum absolute atomic E-state index is 0.0816. The number of rotatable bonds is 3. The van der Waals surface area contributed by atoms with Gasteiger partial charge in [0.25, 0.3) is 0 Å². The average molecular weight is 381 g/mol. The van der Waals surface area contributed by atoms with Crippen molar-refractivity contribution in [2.75, 3.05) is 0 Å². The Labute approximate surface area is 170 Å². The molecule has 0 aromatic heterocycles. The van der Waals surface area contributed by atoms with Crippen LogP contribution in [-0.4, -0.2) is 11.5 Å². The highest BCUT2D eigenvalue weighted by Crippen LogP contribution is 2.64. The number of nitriles is 1. The molecule has 2 heterocycles. The number of aliphatic imine (C=N–C) groups is 1. The Morgan fingerprint density at radius 2 is 1.89 bits per heavy atom. The maximum atomic E-state index is 9.47. The lowest BCUT2D eigenvalue weighted by atomic mass is 9.64. The van der Waals surface area contributed by atoms with Gasteiger partial charge in [-0.25, -0.2) is 0 Å². The van der Waals surface area contributed by atoms with Gasteiger partial charge in [0.15, 0.2) is 0 Å². The van der Waals surface area contributed by atoms with E-state index in [1.807, 2.05) is 36.2 Å². The molecule has 3 heteroatoms. The molecule has 2 aromatic carbocycles. The van der Waals surface area contributed by atoms with Crippen molar-refractivity contribution in [3.05, 3.63) is 106 Å². The zero-order valence-electron chi connectivity index (χ0n) is 15.5. The zero-order chi connectivity index (χ0) is 19.0. The quantitative estimate of drug-likeness (QED) is 0.675. The maximum Gasteiger partial charge on any atom is 0.0994 e. The third-order valence-electron chi connectivity index (χ3n) is 6.01. The van der Waals surface area contributed by atoms with E-state index in [0.29, 0.717) is 11.2 Å². The Morgan fingerprint density at radius 1 is 1.07 bits per heavy atom. The monoisotopic (exact) mass is 380 g/mol. The molecule has 0 N–H and O–H groups in total. The first-order valence-electron chi connectivity index (χ1n) is 9.64. The van der Waals surface area contributed by atoms with Crippen molar-refractivity contribution in [3.63, 3.8) is 0 Å². The second-order valence-corrected chi connectivity index (χ2v) is 8.86. The van der Waals surface area contributed by atoms with Crippen LogP contribution in [-0.2, 0) is 6.42 Å². The van der Waals surface area contributed by atoms with Crippen molar-refractivity contribution in [2.45, 2.75) is 24.0 Å². The maximum absolute atomic E-state index is 9.47. The normalized spacial score (nSPS) is 27.4. The van der Waals surface area contributed by atoms with Gasteiger partial charge in [0.2, 0.25) is 0 Å². The average Bonchev–Trinajstić information content (AvgIpc) is 3.11. The van der Waals surface area contributed by atoms with Gasteiger partial charge in [-0.15, -0.1) is 11.8 Å². The van der Waals surface area contributed by atoms with Crippen molar-refractivity contribution < 1.29 is 0 Å². The van der Waals surface area contributed by atoms with Gasteiger partial charge >= 0.3 is 0 Å². The first kappa shape index (κ1) is 17.3. The predicted molar refractivity (Wildman–Crippen MR) is 116 cm³/mol. The van der Waals surface area contributed by atoms with Crippen molar-refractivity contribution >= 4 is 18.0 Å². The van der Waals surface area contributed by atoms with Crippen molar-refractivity contribution in [1.82, 2.24) is 0 Å². The molecule has 1 spiro atoms. The van der Waals surface area contributed by atoms with Gasteiger partial charge in [0, 0.05) is 17.4 Å². The summed E-state index contributed by atoms with van der Waals surface area (Å²) < 4.78 is 0. The van der Waals surface area contributed by atoms with Crippen LogP contribution in [0.4, 0.5) is 0 Å². The molecule has 5 rings (SSSR count). The summed E-state index contributed by atoms with van der Waals surface area (Å²) in [6, 6.07) is 21.1. The van der Waals surface area contributed by atoms with Gasteiger partial charge in [0.05, 0.1) is 22.7 Å². The van der Waals surface area contributed by atoms with Crippen molar-refractivity contribution in [2.24, 2.45) is 10.4 Å². The van der Waals surface area contributed by atoms with Crippen molar-refractivity contribution in [3.8, 4) is 6.07 Å². The van der Waals surface area contributed by atoms with Crippen LogP contribution in [0.1, 0.15) is 29.0 Å². The molecule has 1 aliphatic carbocycles. The van der Waals surface area contributed by atoms with Crippen LogP contribution in [0.15, 0.2) is 94.5 Å². The molecule has 0 saturated carbocycles. The van der Waals surface area contributed by atoms with Gasteiger partial charge in [-0.05, 0) is 47.1 Å². The number of hydrogen-bond acceptors (Lipinski definition) is 3. The summed E-state index contributed by atoms with van der Waals surface area (Å²) in [6.07, 6.45) is 12.8. The summed E-state index contributed by atoms with van der Waals surface area (Å²) in [5, 5.41) is 9.90. The van der Waals surface area contributed by atoms with E-state index >= 15 is 0 Å². The van der Waals surface area contributed by atoms with Crippen LogP contribution < -0.4 is 0 Å². The fourth-order valence-electron chi connectivity index (χ4n) is 4.78. The smallest absolute Gasteiger partial charge is 0.0994 e. The second-order valence-electron chi connectivity index (χ2n) is 7.52. The van der Waals surface area contributed by atoms with Crippen LogP contribution in [0, 0.1) is 16.7 Å². The van der Waals surface area contributed by atoms with Gasteiger partial charge in [-0.2, -0.15) is 5.26 Å². The first-order chi connectivity index (χ1) is 13.8. The SMILES string of the molecule is N#Cc1ccccc1CC1CC23C(=CC=CC2c2ccccc2)N=CC=C3S1. The fraction of sp³-hybridized carbons (Fsp3) is 0.200. The molecule has 3 aliphatic rings. The van der Waals surface area contributed by atoms with Gasteiger partial charge in [-0.3, -0.25) is 4.99 Å². The molecule has 3 unspecified atom stereocenters. The molecular weight excluding hydrogens is 360 g/mol. The molecule has 0 amide bonds. The molecule has 0 radical (unpaired) electrons. The minimum Gasteiger partial charge on any atom is -0.260 e. The largest absolute Gasteiger partial charge is 0.260 e. The van der Waals surface area contributed by atoms with E-state index in [4.69, 9.17) is 4.99 Å². The Morgan fingerprint density at radius 3 is 2.75 bits per heavy atom. The standard InChI is InChI=1S/C25H20N2S/c26-17-20-10-5-4-9-19(20)15-21-16-25-22(18-7-2-1-3-8-18)11-6-12-23(25)27-14-13-24(25)28-21/h1-14,21-22H,15-16H2. The lowest BCUT2D eigenvalue weighted by molar-refractivity contribution is 0.371. The molecule has 28 heavy (non-hydrogen) atoms. The molecule has 136 valence electrons. The Kier molecular flexibility index (Phi) is 4.30. The van der Waals surface area contributed by atoms with Crippen LogP contribution in [0.5, 0.6) is 0 Å². The van der Waals surface area contributed by atoms with E-state index in [9.17, 15) is 5.26 Å². The van der Waals surface area contributed by atoms with E-state index in [1.54, 1.807) is 0 Å². The summed E-state index contributed by atoms with van der Waals surface area (Å²) in [4.78, 5) is 6.19. The van der Waals surface area contributed by atoms with Crippen LogP contribution in [0.3, 0.4) is 0 Å². The van der Waals surface area contributed by atoms with E-state index in [1.165, 1.54) is 16.2 Å². The number of allylic oxidation sites excluding steroid dienone is 5. The second kappa shape index (κ2) is 6.96. The van der Waals surface area contributed by atoms with Crippen molar-refractivity contribution in [1.29, 1.82) is 5.26 Å². The number of dihydropyridines is 1. The number of benzene rings is 2. The van der Waals surface area contributed by atoms with Gasteiger partial charge in [-0.1, -0.05) is 60.7 Å². The molecule has 3 atom stereocenters. The molecule has 0 bridgehead atoms. The highest BCUT2D eigenvalue weighted by molar-refractivity contribution is 8.04. The summed E-state index contributed by atoms with van der Waals surface area (Å²) >= 11 is 1.97. The topological polar surface area (TPSA) is 36.1 Å². The summed E-state index contributed by atoms with van der Waals surface area (Å²) in [5.74, 6) is 0.293. The fourth-order valence-corrected chi connectivity index (χ4v) is 6.41. The number of thioether (sulfide) groups is 1.